The lowest BCUT2D eigenvalue weighted by Crippen LogP contribution is -2.37. The number of sulfonamides is 1. The number of hydrogen-bond acceptors (Lipinski definition) is 5. The number of nitrogens with zero attached hydrogens (tertiary/aromatic N) is 1. The van der Waals surface area contributed by atoms with E-state index in [0.717, 1.165) is 36.4 Å². The van der Waals surface area contributed by atoms with E-state index in [2.05, 4.69) is 0 Å². The second-order valence-electron chi connectivity index (χ2n) is 7.40. The normalized spacial score (nSPS) is 13.1. The minimum Gasteiger partial charge on any atom is -0.379 e. The molecule has 0 saturated carbocycles. The minimum atomic E-state index is -4.15. The van der Waals surface area contributed by atoms with Gasteiger partial charge in [0.15, 0.2) is 0 Å². The van der Waals surface area contributed by atoms with Crippen LogP contribution in [0.5, 0.6) is 5.75 Å². The molecule has 0 N–H and O–H groups in total. The summed E-state index contributed by atoms with van der Waals surface area (Å²) in [5.41, 5.74) is 0.604. The molecule has 0 heterocycles. The Morgan fingerprint density at radius 3 is 1.76 bits per heavy atom. The van der Waals surface area contributed by atoms with Gasteiger partial charge in [-0.2, -0.15) is 12.7 Å². The van der Waals surface area contributed by atoms with E-state index in [1.54, 1.807) is 19.1 Å². The van der Waals surface area contributed by atoms with Crippen molar-refractivity contribution in [2.45, 2.75) is 42.6 Å². The van der Waals surface area contributed by atoms with Crippen LogP contribution < -0.4 is 4.18 Å². The standard InChI is InChI=1S/C23H23F2NO5S2/c1-3-17(2)26(32(27,28)22-12-6-19(24)7-13-22)16-18-4-10-21(11-5-18)31-33(29,30)23-14-8-20(25)9-15-23/h4-15,17H,3,16H2,1-2H3. The van der Waals surface area contributed by atoms with Crippen LogP contribution in [-0.2, 0) is 26.7 Å². The highest BCUT2D eigenvalue weighted by Crippen LogP contribution is 2.25. The second-order valence-corrected chi connectivity index (χ2v) is 10.8. The van der Waals surface area contributed by atoms with Gasteiger partial charge >= 0.3 is 10.1 Å². The second kappa shape index (κ2) is 9.98. The Labute approximate surface area is 192 Å². The molecule has 176 valence electrons. The molecule has 0 spiro atoms. The van der Waals surface area contributed by atoms with Crippen molar-refractivity contribution >= 4 is 20.1 Å². The van der Waals surface area contributed by atoms with Crippen LogP contribution in [0.2, 0.25) is 0 Å². The average Bonchev–Trinajstić information content (AvgIpc) is 2.78. The molecule has 0 bridgehead atoms. The lowest BCUT2D eigenvalue weighted by atomic mass is 10.2. The first kappa shape index (κ1) is 24.8. The van der Waals surface area contributed by atoms with E-state index in [4.69, 9.17) is 4.18 Å². The Balaban J connectivity index is 1.81. The SMILES string of the molecule is CCC(C)N(Cc1ccc(OS(=O)(=O)c2ccc(F)cc2)cc1)S(=O)(=O)c1ccc(F)cc1. The summed E-state index contributed by atoms with van der Waals surface area (Å²) in [6.45, 7) is 3.66. The van der Waals surface area contributed by atoms with Gasteiger partial charge in [-0.15, -0.1) is 0 Å². The summed E-state index contributed by atoms with van der Waals surface area (Å²) in [5.74, 6) is -1.07. The predicted octanol–water partition coefficient (Wildman–Crippen LogP) is 4.72. The van der Waals surface area contributed by atoms with E-state index in [1.165, 1.54) is 28.6 Å². The number of benzene rings is 3. The topological polar surface area (TPSA) is 80.8 Å². The Hall–Kier alpha value is -2.82. The summed E-state index contributed by atoms with van der Waals surface area (Å²) in [7, 11) is -8.05. The summed E-state index contributed by atoms with van der Waals surface area (Å²) < 4.78 is 83.7. The van der Waals surface area contributed by atoms with Crippen LogP contribution in [0.3, 0.4) is 0 Å². The maximum absolute atomic E-state index is 13.2. The van der Waals surface area contributed by atoms with E-state index in [0.29, 0.717) is 12.0 Å². The van der Waals surface area contributed by atoms with E-state index in [9.17, 15) is 25.6 Å². The van der Waals surface area contributed by atoms with Crippen molar-refractivity contribution in [2.24, 2.45) is 0 Å². The zero-order chi connectivity index (χ0) is 24.2. The van der Waals surface area contributed by atoms with Gasteiger partial charge in [-0.05, 0) is 79.6 Å². The summed E-state index contributed by atoms with van der Waals surface area (Å²) in [6.07, 6.45) is 0.553. The van der Waals surface area contributed by atoms with Gasteiger partial charge in [0, 0.05) is 12.6 Å². The maximum atomic E-state index is 13.2. The third-order valence-corrected chi connectivity index (χ3v) is 8.31. The van der Waals surface area contributed by atoms with Gasteiger partial charge in [0.05, 0.1) is 4.90 Å². The summed E-state index contributed by atoms with van der Waals surface area (Å²) in [4.78, 5) is -0.212. The van der Waals surface area contributed by atoms with Gasteiger partial charge in [0.2, 0.25) is 10.0 Å². The first-order valence-corrected chi connectivity index (χ1v) is 12.9. The van der Waals surface area contributed by atoms with Gasteiger partial charge in [-0.1, -0.05) is 19.1 Å². The number of halogens is 2. The summed E-state index contributed by atoms with van der Waals surface area (Å²) in [6, 6.07) is 14.5. The highest BCUT2D eigenvalue weighted by atomic mass is 32.2. The van der Waals surface area contributed by atoms with Crippen LogP contribution in [0.1, 0.15) is 25.8 Å². The van der Waals surface area contributed by atoms with Crippen molar-refractivity contribution in [1.29, 1.82) is 0 Å². The molecule has 0 aliphatic carbocycles. The van der Waals surface area contributed by atoms with Crippen LogP contribution in [0.4, 0.5) is 8.78 Å². The van der Waals surface area contributed by atoms with Gasteiger partial charge in [0.1, 0.15) is 22.3 Å². The molecular weight excluding hydrogens is 472 g/mol. The molecule has 0 aliphatic heterocycles. The van der Waals surface area contributed by atoms with Crippen molar-refractivity contribution in [3.8, 4) is 5.75 Å². The van der Waals surface area contributed by atoms with Crippen molar-refractivity contribution in [2.75, 3.05) is 0 Å². The Kier molecular flexibility index (Phi) is 7.51. The Morgan fingerprint density at radius 2 is 1.27 bits per heavy atom. The highest BCUT2D eigenvalue weighted by molar-refractivity contribution is 7.89. The fourth-order valence-electron chi connectivity index (χ4n) is 3.03. The number of rotatable bonds is 9. The molecule has 3 rings (SSSR count). The molecule has 0 aliphatic rings. The van der Waals surface area contributed by atoms with Crippen LogP contribution in [0.25, 0.3) is 0 Å². The zero-order valence-corrected chi connectivity index (χ0v) is 19.6. The van der Waals surface area contributed by atoms with Crippen LogP contribution in [-0.4, -0.2) is 27.2 Å². The summed E-state index contributed by atoms with van der Waals surface area (Å²) in [5, 5.41) is 0. The average molecular weight is 496 g/mol. The molecule has 0 fully saturated rings. The first-order valence-electron chi connectivity index (χ1n) is 10.1. The molecule has 0 aromatic heterocycles. The largest absolute Gasteiger partial charge is 0.379 e. The molecule has 33 heavy (non-hydrogen) atoms. The van der Waals surface area contributed by atoms with Gasteiger partial charge < -0.3 is 4.18 Å². The molecule has 0 radical (unpaired) electrons. The van der Waals surface area contributed by atoms with E-state index >= 15 is 0 Å². The van der Waals surface area contributed by atoms with Crippen molar-refractivity contribution in [1.82, 2.24) is 4.31 Å². The molecule has 0 saturated heterocycles. The summed E-state index contributed by atoms with van der Waals surface area (Å²) >= 11 is 0. The lowest BCUT2D eigenvalue weighted by molar-refractivity contribution is 0.323. The van der Waals surface area contributed by atoms with Crippen LogP contribution >= 0.6 is 0 Å². The molecule has 10 heteroatoms. The zero-order valence-electron chi connectivity index (χ0n) is 18.0. The smallest absolute Gasteiger partial charge is 0.339 e. The number of hydrogen-bond donors (Lipinski definition) is 0. The molecule has 1 atom stereocenters. The molecule has 1 unspecified atom stereocenters. The van der Waals surface area contributed by atoms with E-state index < -0.39 is 31.8 Å². The van der Waals surface area contributed by atoms with Gasteiger partial charge in [-0.25, -0.2) is 17.2 Å². The third-order valence-electron chi connectivity index (χ3n) is 5.07. The maximum Gasteiger partial charge on any atom is 0.339 e. The molecular formula is C23H23F2NO5S2. The molecule has 3 aromatic carbocycles. The molecule has 3 aromatic rings. The quantitative estimate of drug-likeness (QED) is 0.401. The molecule has 0 amide bonds. The monoisotopic (exact) mass is 495 g/mol. The van der Waals surface area contributed by atoms with Gasteiger partial charge in [0.25, 0.3) is 0 Å². The Bertz CT molecular complexity index is 1290. The first-order chi connectivity index (χ1) is 15.5. The van der Waals surface area contributed by atoms with Crippen molar-refractivity contribution < 1.29 is 29.8 Å². The van der Waals surface area contributed by atoms with Crippen LogP contribution in [0.15, 0.2) is 82.6 Å². The van der Waals surface area contributed by atoms with Crippen LogP contribution in [0, 0.1) is 11.6 Å². The third kappa shape index (κ3) is 5.95. The fraction of sp³-hybridized carbons (Fsp3) is 0.217. The highest BCUT2D eigenvalue weighted by Gasteiger charge is 2.28. The fourth-order valence-corrected chi connectivity index (χ4v) is 5.65. The van der Waals surface area contributed by atoms with Gasteiger partial charge in [-0.3, -0.25) is 0 Å². The van der Waals surface area contributed by atoms with Crippen molar-refractivity contribution in [3.63, 3.8) is 0 Å². The predicted molar refractivity (Wildman–Crippen MR) is 120 cm³/mol. The minimum absolute atomic E-state index is 0.0189. The van der Waals surface area contributed by atoms with E-state index in [-0.39, 0.29) is 28.1 Å². The lowest BCUT2D eigenvalue weighted by Gasteiger charge is -2.28. The molecule has 6 nitrogen and oxygen atoms in total. The Morgan fingerprint density at radius 1 is 0.788 bits per heavy atom. The van der Waals surface area contributed by atoms with Crippen molar-refractivity contribution in [3.05, 3.63) is 90.0 Å². The van der Waals surface area contributed by atoms with E-state index in [1.807, 2.05) is 6.92 Å².